The lowest BCUT2D eigenvalue weighted by Gasteiger charge is -2.07. The Balaban J connectivity index is 1.71. The van der Waals surface area contributed by atoms with E-state index >= 15 is 0 Å². The number of carbonyl (C=O) groups is 2. The van der Waals surface area contributed by atoms with E-state index in [1.807, 2.05) is 13.0 Å². The van der Waals surface area contributed by atoms with Gasteiger partial charge in [0, 0.05) is 41.7 Å². The molecule has 2 amide bonds. The van der Waals surface area contributed by atoms with Crippen molar-refractivity contribution in [2.24, 2.45) is 0 Å². The van der Waals surface area contributed by atoms with Crippen LogP contribution in [0.15, 0.2) is 65.5 Å². The van der Waals surface area contributed by atoms with E-state index in [0.717, 1.165) is 5.56 Å². The van der Waals surface area contributed by atoms with Gasteiger partial charge in [0.05, 0.1) is 0 Å². The number of aromatic amines is 1. The average Bonchev–Trinajstić information content (AvgIpc) is 2.77. The number of nitrogens with zero attached hydrogens (tertiary/aromatic N) is 1. The van der Waals surface area contributed by atoms with Crippen LogP contribution in [-0.4, -0.2) is 28.8 Å². The standard InChI is InChI=1S/C23H22N4O3/c1-3-18-14-21(29)27-22(26-18)17-5-4-6-19(13-17)25-20(28)12-9-15-7-10-16(11-8-15)23(30)24-2/h4-14H,3H2,1-2H3,(H,24,30)(H,25,28)(H,26,27,29). The predicted molar refractivity (Wildman–Crippen MR) is 117 cm³/mol. The van der Waals surface area contributed by atoms with Gasteiger partial charge >= 0.3 is 0 Å². The summed E-state index contributed by atoms with van der Waals surface area (Å²) in [5, 5.41) is 5.35. The maximum atomic E-state index is 12.3. The summed E-state index contributed by atoms with van der Waals surface area (Å²) in [6, 6.07) is 15.5. The lowest BCUT2D eigenvalue weighted by atomic mass is 10.1. The van der Waals surface area contributed by atoms with Crippen LogP contribution in [0, 0.1) is 0 Å². The Morgan fingerprint density at radius 2 is 1.87 bits per heavy atom. The first-order valence-corrected chi connectivity index (χ1v) is 9.50. The summed E-state index contributed by atoms with van der Waals surface area (Å²) in [6.45, 7) is 1.93. The fourth-order valence-electron chi connectivity index (χ4n) is 2.82. The zero-order valence-electron chi connectivity index (χ0n) is 16.7. The Kier molecular flexibility index (Phi) is 6.54. The van der Waals surface area contributed by atoms with E-state index in [0.29, 0.717) is 34.8 Å². The van der Waals surface area contributed by atoms with Gasteiger partial charge in [-0.25, -0.2) is 4.98 Å². The van der Waals surface area contributed by atoms with Crippen LogP contribution in [0.4, 0.5) is 5.69 Å². The zero-order valence-corrected chi connectivity index (χ0v) is 16.7. The maximum Gasteiger partial charge on any atom is 0.251 e. The molecular weight excluding hydrogens is 380 g/mol. The minimum Gasteiger partial charge on any atom is -0.355 e. The van der Waals surface area contributed by atoms with E-state index in [1.165, 1.54) is 12.1 Å². The molecule has 0 aliphatic heterocycles. The third-order valence-corrected chi connectivity index (χ3v) is 4.39. The van der Waals surface area contributed by atoms with E-state index in [-0.39, 0.29) is 17.4 Å². The number of benzene rings is 2. The van der Waals surface area contributed by atoms with Crippen LogP contribution in [-0.2, 0) is 11.2 Å². The number of aromatic nitrogens is 2. The summed E-state index contributed by atoms with van der Waals surface area (Å²) in [4.78, 5) is 42.8. The number of H-pyrrole nitrogens is 1. The van der Waals surface area contributed by atoms with E-state index in [4.69, 9.17) is 0 Å². The van der Waals surface area contributed by atoms with Crippen LogP contribution < -0.4 is 16.2 Å². The normalized spacial score (nSPS) is 10.7. The van der Waals surface area contributed by atoms with Gasteiger partial charge in [-0.2, -0.15) is 0 Å². The first-order valence-electron chi connectivity index (χ1n) is 9.50. The molecule has 0 spiro atoms. The molecule has 0 saturated carbocycles. The molecule has 1 heterocycles. The number of carbonyl (C=O) groups excluding carboxylic acids is 2. The number of aryl methyl sites for hydroxylation is 1. The SMILES string of the molecule is CCc1cc(=O)[nH]c(-c2cccc(NC(=O)C=Cc3ccc(C(=O)NC)cc3)c2)n1. The summed E-state index contributed by atoms with van der Waals surface area (Å²) in [5.41, 5.74) is 3.13. The molecule has 0 unspecified atom stereocenters. The van der Waals surface area contributed by atoms with Crippen LogP contribution in [0.5, 0.6) is 0 Å². The molecule has 152 valence electrons. The molecule has 3 rings (SSSR count). The Hall–Kier alpha value is -4.00. The average molecular weight is 402 g/mol. The monoisotopic (exact) mass is 402 g/mol. The quantitative estimate of drug-likeness (QED) is 0.551. The molecule has 30 heavy (non-hydrogen) atoms. The topological polar surface area (TPSA) is 104 Å². The van der Waals surface area contributed by atoms with Gasteiger partial charge in [0.25, 0.3) is 11.5 Å². The molecule has 0 aliphatic carbocycles. The minimum absolute atomic E-state index is 0.163. The molecule has 0 bridgehead atoms. The summed E-state index contributed by atoms with van der Waals surface area (Å²) >= 11 is 0. The minimum atomic E-state index is -0.300. The molecule has 0 radical (unpaired) electrons. The van der Waals surface area contributed by atoms with Gasteiger partial charge in [-0.05, 0) is 42.3 Å². The Morgan fingerprint density at radius 3 is 2.57 bits per heavy atom. The molecule has 0 atom stereocenters. The number of hydrogen-bond donors (Lipinski definition) is 3. The van der Waals surface area contributed by atoms with E-state index < -0.39 is 0 Å². The highest BCUT2D eigenvalue weighted by Crippen LogP contribution is 2.19. The molecule has 3 aromatic rings. The van der Waals surface area contributed by atoms with Crippen molar-refractivity contribution in [3.63, 3.8) is 0 Å². The molecule has 0 saturated heterocycles. The van der Waals surface area contributed by atoms with Gasteiger partial charge in [0.2, 0.25) is 5.91 Å². The number of amides is 2. The van der Waals surface area contributed by atoms with Gasteiger partial charge in [-0.3, -0.25) is 14.4 Å². The van der Waals surface area contributed by atoms with Crippen molar-refractivity contribution < 1.29 is 9.59 Å². The third kappa shape index (κ3) is 5.29. The molecule has 7 nitrogen and oxygen atoms in total. The molecule has 0 aliphatic rings. The third-order valence-electron chi connectivity index (χ3n) is 4.39. The highest BCUT2D eigenvalue weighted by molar-refractivity contribution is 6.02. The number of rotatable bonds is 6. The van der Waals surface area contributed by atoms with Crippen molar-refractivity contribution in [1.82, 2.24) is 15.3 Å². The van der Waals surface area contributed by atoms with Crippen molar-refractivity contribution >= 4 is 23.6 Å². The summed E-state index contributed by atoms with van der Waals surface area (Å²) in [7, 11) is 1.57. The molecular formula is C23H22N4O3. The predicted octanol–water partition coefficient (Wildman–Crippen LogP) is 3.01. The largest absolute Gasteiger partial charge is 0.355 e. The highest BCUT2D eigenvalue weighted by Gasteiger charge is 2.06. The van der Waals surface area contributed by atoms with Crippen molar-refractivity contribution in [3.8, 4) is 11.4 Å². The van der Waals surface area contributed by atoms with Crippen molar-refractivity contribution in [3.05, 3.63) is 87.8 Å². The van der Waals surface area contributed by atoms with Crippen LogP contribution in [0.3, 0.4) is 0 Å². The lowest BCUT2D eigenvalue weighted by molar-refractivity contribution is -0.111. The van der Waals surface area contributed by atoms with Crippen molar-refractivity contribution in [2.75, 3.05) is 12.4 Å². The molecule has 0 fully saturated rings. The Morgan fingerprint density at radius 1 is 1.10 bits per heavy atom. The van der Waals surface area contributed by atoms with Crippen LogP contribution >= 0.6 is 0 Å². The second-order valence-electron chi connectivity index (χ2n) is 6.54. The van der Waals surface area contributed by atoms with E-state index in [2.05, 4.69) is 20.6 Å². The molecule has 1 aromatic heterocycles. The van der Waals surface area contributed by atoms with Gasteiger partial charge in [-0.15, -0.1) is 0 Å². The van der Waals surface area contributed by atoms with Crippen LogP contribution in [0.25, 0.3) is 17.5 Å². The summed E-state index contributed by atoms with van der Waals surface area (Å²) in [5.74, 6) is -0.00282. The van der Waals surface area contributed by atoms with Gasteiger partial charge in [-0.1, -0.05) is 31.2 Å². The smallest absolute Gasteiger partial charge is 0.251 e. The summed E-state index contributed by atoms with van der Waals surface area (Å²) < 4.78 is 0. The fraction of sp³-hybridized carbons (Fsp3) is 0.130. The second-order valence-corrected chi connectivity index (χ2v) is 6.54. The van der Waals surface area contributed by atoms with Crippen LogP contribution in [0.2, 0.25) is 0 Å². The fourth-order valence-corrected chi connectivity index (χ4v) is 2.82. The molecule has 2 aromatic carbocycles. The molecule has 3 N–H and O–H groups in total. The van der Waals surface area contributed by atoms with E-state index in [9.17, 15) is 14.4 Å². The second kappa shape index (κ2) is 9.47. The first kappa shape index (κ1) is 20.7. The number of anilines is 1. The highest BCUT2D eigenvalue weighted by atomic mass is 16.2. The molecule has 7 heteroatoms. The number of nitrogens with one attached hydrogen (secondary N) is 3. The summed E-state index contributed by atoms with van der Waals surface area (Å²) in [6.07, 6.45) is 3.73. The van der Waals surface area contributed by atoms with Gasteiger partial charge in [0.1, 0.15) is 5.82 Å². The van der Waals surface area contributed by atoms with Crippen molar-refractivity contribution in [1.29, 1.82) is 0 Å². The van der Waals surface area contributed by atoms with Gasteiger partial charge in [0.15, 0.2) is 0 Å². The Labute approximate surface area is 173 Å². The van der Waals surface area contributed by atoms with Crippen LogP contribution in [0.1, 0.15) is 28.5 Å². The lowest BCUT2D eigenvalue weighted by Crippen LogP contribution is -2.17. The Bertz CT molecular complexity index is 1150. The maximum absolute atomic E-state index is 12.3. The zero-order chi connectivity index (χ0) is 21.5. The van der Waals surface area contributed by atoms with Gasteiger partial charge < -0.3 is 15.6 Å². The number of hydrogen-bond acceptors (Lipinski definition) is 4. The first-order chi connectivity index (χ1) is 14.5. The van der Waals surface area contributed by atoms with Crippen molar-refractivity contribution in [2.45, 2.75) is 13.3 Å². The van der Waals surface area contributed by atoms with E-state index in [1.54, 1.807) is 55.6 Å².